The molecule has 0 aromatic carbocycles. The molecule has 1 amide bonds. The summed E-state index contributed by atoms with van der Waals surface area (Å²) in [6.45, 7) is 3.07. The van der Waals surface area contributed by atoms with E-state index in [1.54, 1.807) is 6.92 Å². The van der Waals surface area contributed by atoms with Crippen LogP contribution in [0.25, 0.3) is 0 Å². The van der Waals surface area contributed by atoms with Gasteiger partial charge in [0.05, 0.1) is 6.04 Å². The van der Waals surface area contributed by atoms with Gasteiger partial charge in [-0.2, -0.15) is 4.72 Å². The Morgan fingerprint density at radius 3 is 2.68 bits per heavy atom. The molecule has 0 fully saturated rings. The van der Waals surface area contributed by atoms with Crippen LogP contribution in [-0.2, 0) is 14.8 Å². The SMILES string of the molecule is Cc1cc(NC(=O)[C@H](C)NS(=O)(=O)c2ccc(Cl)nc2)no1. The highest BCUT2D eigenvalue weighted by molar-refractivity contribution is 7.89. The molecule has 2 aromatic rings. The molecule has 10 heteroatoms. The third kappa shape index (κ3) is 4.03. The zero-order valence-electron chi connectivity index (χ0n) is 11.7. The van der Waals surface area contributed by atoms with Gasteiger partial charge in [-0.25, -0.2) is 13.4 Å². The number of hydrogen-bond acceptors (Lipinski definition) is 6. The summed E-state index contributed by atoms with van der Waals surface area (Å²) >= 11 is 5.60. The van der Waals surface area contributed by atoms with Crippen molar-refractivity contribution in [3.8, 4) is 0 Å². The van der Waals surface area contributed by atoms with E-state index in [9.17, 15) is 13.2 Å². The Kier molecular flexibility index (Phi) is 4.79. The van der Waals surface area contributed by atoms with Crippen LogP contribution in [0.2, 0.25) is 5.15 Å². The van der Waals surface area contributed by atoms with E-state index in [-0.39, 0.29) is 15.9 Å². The fourth-order valence-corrected chi connectivity index (χ4v) is 2.79. The lowest BCUT2D eigenvalue weighted by Gasteiger charge is -2.13. The minimum absolute atomic E-state index is 0.0890. The molecule has 22 heavy (non-hydrogen) atoms. The van der Waals surface area contributed by atoms with Crippen molar-refractivity contribution in [2.75, 3.05) is 5.32 Å². The molecule has 0 unspecified atom stereocenters. The standard InChI is InChI=1S/C12H13ClN4O4S/c1-7-5-11(16-21-7)15-12(18)8(2)17-22(19,20)9-3-4-10(13)14-6-9/h3-6,8,17H,1-2H3,(H,15,16,18)/t8-/m0/s1. The second-order valence-electron chi connectivity index (χ2n) is 4.47. The van der Waals surface area contributed by atoms with Gasteiger partial charge in [-0.1, -0.05) is 16.8 Å². The number of halogens is 1. The van der Waals surface area contributed by atoms with E-state index in [1.807, 2.05) is 0 Å². The number of sulfonamides is 1. The van der Waals surface area contributed by atoms with Gasteiger partial charge in [-0.15, -0.1) is 0 Å². The average Bonchev–Trinajstić information content (AvgIpc) is 2.84. The molecular weight excluding hydrogens is 332 g/mol. The number of rotatable bonds is 5. The van der Waals surface area contributed by atoms with E-state index in [4.69, 9.17) is 16.1 Å². The van der Waals surface area contributed by atoms with Crippen LogP contribution in [0, 0.1) is 6.92 Å². The molecule has 2 rings (SSSR count). The van der Waals surface area contributed by atoms with Crippen molar-refractivity contribution < 1.29 is 17.7 Å². The van der Waals surface area contributed by atoms with Gasteiger partial charge in [-0.05, 0) is 26.0 Å². The molecule has 1 atom stereocenters. The van der Waals surface area contributed by atoms with Gasteiger partial charge < -0.3 is 9.84 Å². The lowest BCUT2D eigenvalue weighted by Crippen LogP contribution is -2.41. The average molecular weight is 345 g/mol. The van der Waals surface area contributed by atoms with Gasteiger partial charge >= 0.3 is 0 Å². The first-order valence-electron chi connectivity index (χ1n) is 6.16. The second-order valence-corrected chi connectivity index (χ2v) is 6.57. The summed E-state index contributed by atoms with van der Waals surface area (Å²) in [5, 5.41) is 6.20. The van der Waals surface area contributed by atoms with Crippen molar-refractivity contribution in [2.45, 2.75) is 24.8 Å². The van der Waals surface area contributed by atoms with Crippen LogP contribution in [0.3, 0.4) is 0 Å². The lowest BCUT2D eigenvalue weighted by molar-refractivity contribution is -0.117. The summed E-state index contributed by atoms with van der Waals surface area (Å²) < 4.78 is 31.3. The minimum Gasteiger partial charge on any atom is -0.360 e. The molecule has 8 nitrogen and oxygen atoms in total. The molecule has 0 aliphatic rings. The number of nitrogens with zero attached hydrogens (tertiary/aromatic N) is 2. The summed E-state index contributed by atoms with van der Waals surface area (Å²) in [5.74, 6) is 0.163. The summed E-state index contributed by atoms with van der Waals surface area (Å²) in [6, 6.07) is 3.14. The summed E-state index contributed by atoms with van der Waals surface area (Å²) in [5.41, 5.74) is 0. The van der Waals surface area contributed by atoms with Crippen LogP contribution < -0.4 is 10.0 Å². The van der Waals surface area contributed by atoms with Crippen LogP contribution >= 0.6 is 11.6 Å². The third-order valence-electron chi connectivity index (χ3n) is 2.61. The van der Waals surface area contributed by atoms with Crippen LogP contribution in [0.15, 0.2) is 33.8 Å². The highest BCUT2D eigenvalue weighted by atomic mass is 35.5. The van der Waals surface area contributed by atoms with Crippen molar-refractivity contribution in [3.05, 3.63) is 35.3 Å². The molecule has 0 spiro atoms. The Balaban J connectivity index is 2.05. The lowest BCUT2D eigenvalue weighted by atomic mass is 10.3. The maximum absolute atomic E-state index is 12.1. The monoisotopic (exact) mass is 344 g/mol. The number of aryl methyl sites for hydroxylation is 1. The van der Waals surface area contributed by atoms with Crippen molar-refractivity contribution >= 4 is 33.3 Å². The Morgan fingerprint density at radius 2 is 2.14 bits per heavy atom. The van der Waals surface area contributed by atoms with E-state index in [0.717, 1.165) is 6.20 Å². The van der Waals surface area contributed by atoms with Crippen molar-refractivity contribution in [1.82, 2.24) is 14.9 Å². The molecule has 0 aliphatic carbocycles. The molecule has 0 saturated heterocycles. The summed E-state index contributed by atoms with van der Waals surface area (Å²) in [4.78, 5) is 15.5. The molecule has 118 valence electrons. The predicted octanol–water partition coefficient (Wildman–Crippen LogP) is 1.34. The summed E-state index contributed by atoms with van der Waals surface area (Å²) in [6.07, 6.45) is 1.11. The van der Waals surface area contributed by atoms with Gasteiger partial charge in [-0.3, -0.25) is 4.79 Å². The van der Waals surface area contributed by atoms with Gasteiger partial charge in [0.1, 0.15) is 15.8 Å². The number of anilines is 1. The number of nitrogens with one attached hydrogen (secondary N) is 2. The smallest absolute Gasteiger partial charge is 0.243 e. The van der Waals surface area contributed by atoms with Crippen LogP contribution in [0.4, 0.5) is 5.82 Å². The number of pyridine rings is 1. The largest absolute Gasteiger partial charge is 0.360 e. The van der Waals surface area contributed by atoms with E-state index < -0.39 is 22.0 Å². The Morgan fingerprint density at radius 1 is 1.41 bits per heavy atom. The van der Waals surface area contributed by atoms with E-state index in [2.05, 4.69) is 20.2 Å². The quantitative estimate of drug-likeness (QED) is 0.791. The molecule has 2 aromatic heterocycles. The number of carbonyl (C=O) groups is 1. The number of hydrogen-bond donors (Lipinski definition) is 2. The van der Waals surface area contributed by atoms with Crippen LogP contribution in [0.1, 0.15) is 12.7 Å². The van der Waals surface area contributed by atoms with Gasteiger partial charge in [0.25, 0.3) is 0 Å². The first-order chi connectivity index (χ1) is 10.3. The van der Waals surface area contributed by atoms with E-state index in [1.165, 1.54) is 25.1 Å². The number of aromatic nitrogens is 2. The maximum Gasteiger partial charge on any atom is 0.243 e. The topological polar surface area (TPSA) is 114 Å². The minimum atomic E-state index is -3.88. The third-order valence-corrected chi connectivity index (χ3v) is 4.36. The fraction of sp³-hybridized carbons (Fsp3) is 0.250. The zero-order chi connectivity index (χ0) is 16.3. The normalized spacial score (nSPS) is 12.9. The van der Waals surface area contributed by atoms with Crippen molar-refractivity contribution in [3.63, 3.8) is 0 Å². The van der Waals surface area contributed by atoms with E-state index >= 15 is 0 Å². The molecule has 2 N–H and O–H groups in total. The highest BCUT2D eigenvalue weighted by Gasteiger charge is 2.23. The van der Waals surface area contributed by atoms with Crippen molar-refractivity contribution in [1.29, 1.82) is 0 Å². The van der Waals surface area contributed by atoms with Crippen molar-refractivity contribution in [2.24, 2.45) is 0 Å². The van der Waals surface area contributed by atoms with Crippen LogP contribution in [0.5, 0.6) is 0 Å². The molecule has 0 aliphatic heterocycles. The molecular formula is C12H13ClN4O4S. The zero-order valence-corrected chi connectivity index (χ0v) is 13.3. The van der Waals surface area contributed by atoms with Gasteiger partial charge in [0.2, 0.25) is 15.9 Å². The molecule has 0 bridgehead atoms. The predicted molar refractivity (Wildman–Crippen MR) is 78.9 cm³/mol. The number of carbonyl (C=O) groups excluding carboxylic acids is 1. The Labute approximate surface area is 131 Å². The molecule has 0 saturated carbocycles. The molecule has 2 heterocycles. The number of amides is 1. The second kappa shape index (κ2) is 6.42. The summed E-state index contributed by atoms with van der Waals surface area (Å²) in [7, 11) is -3.88. The fourth-order valence-electron chi connectivity index (χ4n) is 1.54. The Hall–Kier alpha value is -1.97. The molecule has 0 radical (unpaired) electrons. The first kappa shape index (κ1) is 16.4. The highest BCUT2D eigenvalue weighted by Crippen LogP contribution is 2.12. The van der Waals surface area contributed by atoms with Gasteiger partial charge in [0.15, 0.2) is 5.82 Å². The first-order valence-corrected chi connectivity index (χ1v) is 8.02. The Bertz CT molecular complexity index is 773. The maximum atomic E-state index is 12.1. The van der Waals surface area contributed by atoms with E-state index in [0.29, 0.717) is 5.76 Å². The van der Waals surface area contributed by atoms with Gasteiger partial charge in [0, 0.05) is 12.3 Å². The van der Waals surface area contributed by atoms with Crippen LogP contribution in [-0.4, -0.2) is 30.5 Å².